The van der Waals surface area contributed by atoms with Crippen molar-refractivity contribution in [3.63, 3.8) is 0 Å². The van der Waals surface area contributed by atoms with Crippen LogP contribution in [-0.2, 0) is 4.74 Å². The Bertz CT molecular complexity index is 182. The van der Waals surface area contributed by atoms with Gasteiger partial charge in [-0.3, -0.25) is 0 Å². The minimum absolute atomic E-state index is 0.102. The lowest BCUT2D eigenvalue weighted by molar-refractivity contribution is 0.178. The number of ether oxygens (including phenoxy) is 1. The highest BCUT2D eigenvalue weighted by atomic mass is 16.5. The molecule has 3 unspecified atom stereocenters. The van der Waals surface area contributed by atoms with Crippen molar-refractivity contribution in [2.24, 2.45) is 11.8 Å². The lowest BCUT2D eigenvalue weighted by Crippen LogP contribution is -2.36. The predicted molar refractivity (Wildman–Crippen MR) is 51.2 cm³/mol. The van der Waals surface area contributed by atoms with Crippen LogP contribution >= 0.6 is 0 Å². The van der Waals surface area contributed by atoms with Gasteiger partial charge in [0.25, 0.3) is 0 Å². The van der Waals surface area contributed by atoms with E-state index in [9.17, 15) is 0 Å². The van der Waals surface area contributed by atoms with Crippen LogP contribution in [0.5, 0.6) is 0 Å². The van der Waals surface area contributed by atoms with Crippen LogP contribution in [-0.4, -0.2) is 25.8 Å². The second-order valence-corrected chi connectivity index (χ2v) is 3.85. The standard InChI is InChI=1S/C10H18N2O/c1-8(5-11)6-12-9(2)10-3-4-13-7-10/h8-10,12H,3-4,6-7H2,1-2H3. The zero-order valence-electron chi connectivity index (χ0n) is 8.42. The van der Waals surface area contributed by atoms with Crippen LogP contribution in [0.3, 0.4) is 0 Å². The van der Waals surface area contributed by atoms with Gasteiger partial charge in [0.05, 0.1) is 18.6 Å². The van der Waals surface area contributed by atoms with Gasteiger partial charge in [-0.25, -0.2) is 0 Å². The molecule has 1 aliphatic rings. The van der Waals surface area contributed by atoms with E-state index in [2.05, 4.69) is 18.3 Å². The summed E-state index contributed by atoms with van der Waals surface area (Å²) in [4.78, 5) is 0. The lowest BCUT2D eigenvalue weighted by Gasteiger charge is -2.19. The monoisotopic (exact) mass is 182 g/mol. The maximum atomic E-state index is 8.60. The van der Waals surface area contributed by atoms with E-state index in [1.165, 1.54) is 0 Å². The summed E-state index contributed by atoms with van der Waals surface area (Å²) >= 11 is 0. The Morgan fingerprint density at radius 3 is 2.92 bits per heavy atom. The molecule has 1 rings (SSSR count). The first-order valence-corrected chi connectivity index (χ1v) is 4.94. The molecule has 1 fully saturated rings. The molecule has 0 aromatic carbocycles. The number of rotatable bonds is 4. The van der Waals surface area contributed by atoms with Crippen molar-refractivity contribution >= 4 is 0 Å². The molecular weight excluding hydrogens is 164 g/mol. The van der Waals surface area contributed by atoms with Gasteiger partial charge in [0, 0.05) is 19.2 Å². The largest absolute Gasteiger partial charge is 0.381 e. The van der Waals surface area contributed by atoms with Gasteiger partial charge in [-0.1, -0.05) is 0 Å². The summed E-state index contributed by atoms with van der Waals surface area (Å²) in [5.41, 5.74) is 0. The third-order valence-corrected chi connectivity index (χ3v) is 2.64. The molecule has 3 nitrogen and oxygen atoms in total. The summed E-state index contributed by atoms with van der Waals surface area (Å²) in [6.07, 6.45) is 1.15. The van der Waals surface area contributed by atoms with E-state index >= 15 is 0 Å². The second kappa shape index (κ2) is 5.21. The number of hydrogen-bond donors (Lipinski definition) is 1. The molecule has 0 radical (unpaired) electrons. The first-order valence-electron chi connectivity index (χ1n) is 4.94. The van der Waals surface area contributed by atoms with Gasteiger partial charge in [-0.15, -0.1) is 0 Å². The van der Waals surface area contributed by atoms with E-state index in [0.29, 0.717) is 12.0 Å². The van der Waals surface area contributed by atoms with Crippen LogP contribution in [0.4, 0.5) is 0 Å². The van der Waals surface area contributed by atoms with Crippen LogP contribution in [0, 0.1) is 23.2 Å². The molecule has 0 bridgehead atoms. The summed E-state index contributed by atoms with van der Waals surface area (Å²) in [5.74, 6) is 0.732. The molecule has 13 heavy (non-hydrogen) atoms. The highest BCUT2D eigenvalue weighted by molar-refractivity contribution is 4.83. The summed E-state index contributed by atoms with van der Waals surface area (Å²) < 4.78 is 5.31. The predicted octanol–water partition coefficient (Wildman–Crippen LogP) is 1.16. The molecule has 0 aliphatic carbocycles. The Balaban J connectivity index is 2.17. The van der Waals surface area contributed by atoms with Gasteiger partial charge in [0.2, 0.25) is 0 Å². The molecule has 3 heteroatoms. The van der Waals surface area contributed by atoms with E-state index in [0.717, 1.165) is 26.2 Å². The summed E-state index contributed by atoms with van der Waals surface area (Å²) in [6.45, 7) is 6.65. The Hall–Kier alpha value is -0.590. The normalized spacial score (nSPS) is 26.7. The van der Waals surface area contributed by atoms with Gasteiger partial charge >= 0.3 is 0 Å². The number of nitriles is 1. The van der Waals surface area contributed by atoms with E-state index in [4.69, 9.17) is 10.00 Å². The highest BCUT2D eigenvalue weighted by Gasteiger charge is 2.21. The third-order valence-electron chi connectivity index (χ3n) is 2.64. The first kappa shape index (κ1) is 10.5. The van der Waals surface area contributed by atoms with E-state index in [1.54, 1.807) is 0 Å². The minimum Gasteiger partial charge on any atom is -0.381 e. The first-order chi connectivity index (χ1) is 6.24. The van der Waals surface area contributed by atoms with Crippen LogP contribution < -0.4 is 5.32 Å². The highest BCUT2D eigenvalue weighted by Crippen LogP contribution is 2.16. The van der Waals surface area contributed by atoms with Gasteiger partial charge < -0.3 is 10.1 Å². The molecule has 3 atom stereocenters. The molecule has 1 aliphatic heterocycles. The van der Waals surface area contributed by atoms with E-state index in [1.807, 2.05) is 6.92 Å². The topological polar surface area (TPSA) is 45.0 Å². The molecule has 1 N–H and O–H groups in total. The average molecular weight is 182 g/mol. The van der Waals surface area contributed by atoms with Crippen molar-refractivity contribution in [3.05, 3.63) is 0 Å². The van der Waals surface area contributed by atoms with Gasteiger partial charge in [0.1, 0.15) is 0 Å². The Labute approximate surface area is 80.1 Å². The SMILES string of the molecule is CC(C#N)CNC(C)C1CCOC1. The fourth-order valence-electron chi connectivity index (χ4n) is 1.52. The maximum absolute atomic E-state index is 8.60. The summed E-state index contributed by atoms with van der Waals surface area (Å²) in [7, 11) is 0. The van der Waals surface area contributed by atoms with Crippen molar-refractivity contribution in [2.75, 3.05) is 19.8 Å². The van der Waals surface area contributed by atoms with Crippen molar-refractivity contribution in [1.29, 1.82) is 5.26 Å². The smallest absolute Gasteiger partial charge is 0.0666 e. The quantitative estimate of drug-likeness (QED) is 0.709. The molecule has 74 valence electrons. The van der Waals surface area contributed by atoms with Crippen LogP contribution in [0.15, 0.2) is 0 Å². The summed E-state index contributed by atoms with van der Waals surface area (Å²) in [6, 6.07) is 2.69. The van der Waals surface area contributed by atoms with Gasteiger partial charge in [-0.2, -0.15) is 5.26 Å². The van der Waals surface area contributed by atoms with Crippen molar-refractivity contribution in [1.82, 2.24) is 5.32 Å². The number of nitrogens with zero attached hydrogens (tertiary/aromatic N) is 1. The van der Waals surface area contributed by atoms with Gasteiger partial charge in [-0.05, 0) is 26.2 Å². The molecule has 1 saturated heterocycles. The second-order valence-electron chi connectivity index (χ2n) is 3.85. The molecule has 1 heterocycles. The van der Waals surface area contributed by atoms with Crippen molar-refractivity contribution in [2.45, 2.75) is 26.3 Å². The van der Waals surface area contributed by atoms with Crippen LogP contribution in [0.2, 0.25) is 0 Å². The third kappa shape index (κ3) is 3.33. The van der Waals surface area contributed by atoms with Crippen molar-refractivity contribution < 1.29 is 4.74 Å². The fourth-order valence-corrected chi connectivity index (χ4v) is 1.52. The Morgan fingerprint density at radius 2 is 2.38 bits per heavy atom. The fraction of sp³-hybridized carbons (Fsp3) is 0.900. The molecule has 0 spiro atoms. The molecular formula is C10H18N2O. The van der Waals surface area contributed by atoms with Crippen LogP contribution in [0.25, 0.3) is 0 Å². The zero-order chi connectivity index (χ0) is 9.68. The molecule has 0 amide bonds. The minimum atomic E-state index is 0.102. The molecule has 0 aromatic heterocycles. The Kier molecular flexibility index (Phi) is 4.20. The van der Waals surface area contributed by atoms with Crippen molar-refractivity contribution in [3.8, 4) is 6.07 Å². The number of hydrogen-bond acceptors (Lipinski definition) is 3. The summed E-state index contributed by atoms with van der Waals surface area (Å²) in [5, 5.41) is 12.0. The maximum Gasteiger partial charge on any atom is 0.0666 e. The van der Waals surface area contributed by atoms with E-state index < -0.39 is 0 Å². The lowest BCUT2D eigenvalue weighted by atomic mass is 10.0. The van der Waals surface area contributed by atoms with Crippen LogP contribution in [0.1, 0.15) is 20.3 Å². The Morgan fingerprint density at radius 1 is 1.62 bits per heavy atom. The zero-order valence-corrected chi connectivity index (χ0v) is 8.42. The van der Waals surface area contributed by atoms with E-state index in [-0.39, 0.29) is 5.92 Å². The van der Waals surface area contributed by atoms with Gasteiger partial charge in [0.15, 0.2) is 0 Å². The molecule has 0 aromatic rings. The average Bonchev–Trinajstić information content (AvgIpc) is 2.66. The molecule has 0 saturated carbocycles. The number of nitrogens with one attached hydrogen (secondary N) is 1.